The summed E-state index contributed by atoms with van der Waals surface area (Å²) in [6.07, 6.45) is 6.50. The van der Waals surface area contributed by atoms with Crippen molar-refractivity contribution in [3.8, 4) is 22.9 Å². The fourth-order valence-electron chi connectivity index (χ4n) is 5.48. The Bertz CT molecular complexity index is 1970. The van der Waals surface area contributed by atoms with Crippen LogP contribution in [0.3, 0.4) is 0 Å². The molecule has 46 heavy (non-hydrogen) atoms. The van der Waals surface area contributed by atoms with Crippen LogP contribution in [-0.4, -0.2) is 37.5 Å². The van der Waals surface area contributed by atoms with E-state index in [1.165, 1.54) is 30.5 Å². The number of rotatable bonds is 12. The van der Waals surface area contributed by atoms with Crippen LogP contribution in [0.25, 0.3) is 28.4 Å². The summed E-state index contributed by atoms with van der Waals surface area (Å²) in [7, 11) is 0. The molecule has 0 amide bonds. The van der Waals surface area contributed by atoms with Crippen molar-refractivity contribution in [1.29, 1.82) is 0 Å². The highest BCUT2D eigenvalue weighted by atomic mass is 35.5. The second kappa shape index (κ2) is 12.9. The molecular weight excluding hydrogens is 614 g/mol. The Morgan fingerprint density at radius 1 is 1.09 bits per heavy atom. The number of nitrogens with one attached hydrogen (secondary N) is 2. The molecule has 0 aliphatic carbocycles. The number of aliphatic carboxylic acids is 1. The van der Waals surface area contributed by atoms with Gasteiger partial charge in [-0.3, -0.25) is 5.10 Å². The van der Waals surface area contributed by atoms with Crippen LogP contribution in [-0.2, 0) is 15.0 Å². The van der Waals surface area contributed by atoms with Gasteiger partial charge in [0.05, 0.1) is 21.5 Å². The smallest absolute Gasteiger partial charge is 0.328 e. The van der Waals surface area contributed by atoms with Crippen molar-refractivity contribution >= 4 is 40.8 Å². The summed E-state index contributed by atoms with van der Waals surface area (Å²) in [6, 6.07) is 13.1. The maximum Gasteiger partial charge on any atom is 0.328 e. The number of hydrogen-bond donors (Lipinski definition) is 3. The van der Waals surface area contributed by atoms with Crippen LogP contribution >= 0.6 is 11.6 Å². The van der Waals surface area contributed by atoms with Crippen molar-refractivity contribution in [2.45, 2.75) is 52.4 Å². The molecule has 5 aromatic rings. The van der Waals surface area contributed by atoms with E-state index in [0.29, 0.717) is 29.6 Å². The van der Waals surface area contributed by atoms with Crippen LogP contribution in [0.4, 0.5) is 8.78 Å². The molecule has 11 heteroatoms. The number of fused-ring (bicyclic) bond motifs is 1. The molecule has 0 saturated heterocycles. The van der Waals surface area contributed by atoms with Crippen LogP contribution < -0.4 is 4.74 Å². The molecule has 1 unspecified atom stereocenters. The minimum absolute atomic E-state index is 0.0115. The van der Waals surface area contributed by atoms with E-state index in [2.05, 4.69) is 21.2 Å². The lowest BCUT2D eigenvalue weighted by Crippen LogP contribution is -2.26. The van der Waals surface area contributed by atoms with Gasteiger partial charge >= 0.3 is 5.97 Å². The van der Waals surface area contributed by atoms with Gasteiger partial charge in [0.25, 0.3) is 0 Å². The fourth-order valence-corrected chi connectivity index (χ4v) is 5.74. The van der Waals surface area contributed by atoms with Crippen LogP contribution in [0.2, 0.25) is 5.02 Å². The molecule has 0 aliphatic rings. The fraction of sp³-hybridized carbons (Fsp3) is 0.257. The molecule has 0 fully saturated rings. The van der Waals surface area contributed by atoms with E-state index in [-0.39, 0.29) is 33.5 Å². The number of halogens is 3. The lowest BCUT2D eigenvalue weighted by atomic mass is 9.75. The molecule has 1 atom stereocenters. The summed E-state index contributed by atoms with van der Waals surface area (Å²) in [5, 5.41) is 17.2. The third-order valence-electron chi connectivity index (χ3n) is 8.14. The maximum atomic E-state index is 15.3. The molecule has 3 N–H and O–H groups in total. The Morgan fingerprint density at radius 2 is 1.87 bits per heavy atom. The quantitative estimate of drug-likeness (QED) is 0.0920. The number of hydrogen-bond acceptors (Lipinski definition) is 5. The average molecular weight is 647 g/mol. The van der Waals surface area contributed by atoms with E-state index in [9.17, 15) is 14.7 Å². The van der Waals surface area contributed by atoms with Crippen molar-refractivity contribution < 1.29 is 28.2 Å². The third kappa shape index (κ3) is 6.72. The zero-order valence-corrected chi connectivity index (χ0v) is 26.5. The number of nitrogens with zero attached hydrogens (tertiary/aromatic N) is 2. The van der Waals surface area contributed by atoms with E-state index >= 15 is 8.78 Å². The van der Waals surface area contributed by atoms with Crippen molar-refractivity contribution in [3.05, 3.63) is 100.0 Å². The molecular formula is C35H33ClF2N4O4. The number of carbonyl (C=O) groups excluding carboxylic acids is 1. The third-order valence-corrected chi connectivity index (χ3v) is 8.43. The molecule has 0 radical (unpaired) electrons. The second-order valence-corrected chi connectivity index (χ2v) is 12.7. The van der Waals surface area contributed by atoms with E-state index in [4.69, 9.17) is 21.3 Å². The molecule has 3 aromatic carbocycles. The summed E-state index contributed by atoms with van der Waals surface area (Å²) < 4.78 is 36.5. The highest BCUT2D eigenvalue weighted by Crippen LogP contribution is 2.41. The molecule has 8 nitrogen and oxygen atoms in total. The first kappa shape index (κ1) is 32.6. The second-order valence-electron chi connectivity index (χ2n) is 12.2. The van der Waals surface area contributed by atoms with Gasteiger partial charge in [0.2, 0.25) is 0 Å². The SMILES string of the molecule is Cc1cccc(C(C)(CCCC(C)(C)C=O)c2nc(-c3cc(Oc4c(F)cc5[nH]cc(Cl)c5c4/C=C/C(=O)O)ccc3F)n[nH]2)c1. The highest BCUT2D eigenvalue weighted by Gasteiger charge is 2.34. The first-order chi connectivity index (χ1) is 21.8. The molecule has 0 spiro atoms. The number of H-pyrrole nitrogens is 2. The number of carboxylic acids is 1. The lowest BCUT2D eigenvalue weighted by Gasteiger charge is -2.29. The van der Waals surface area contributed by atoms with Gasteiger partial charge in [0, 0.05) is 34.7 Å². The molecule has 2 aromatic heterocycles. The Hall–Kier alpha value is -4.83. The van der Waals surface area contributed by atoms with Gasteiger partial charge in [-0.15, -0.1) is 0 Å². The summed E-state index contributed by atoms with van der Waals surface area (Å²) in [6.45, 7) is 7.83. The Kier molecular flexibility index (Phi) is 9.12. The molecule has 2 heterocycles. The Balaban J connectivity index is 1.52. The largest absolute Gasteiger partial charge is 0.478 e. The molecule has 5 rings (SSSR count). The van der Waals surface area contributed by atoms with Crippen LogP contribution in [0.1, 0.15) is 62.5 Å². The number of aromatic amines is 2. The van der Waals surface area contributed by atoms with Crippen LogP contribution in [0, 0.1) is 24.0 Å². The van der Waals surface area contributed by atoms with Gasteiger partial charge < -0.3 is 19.6 Å². The molecule has 0 aliphatic heterocycles. The van der Waals surface area contributed by atoms with Gasteiger partial charge in [-0.2, -0.15) is 5.10 Å². The number of ether oxygens (including phenoxy) is 1. The van der Waals surface area contributed by atoms with E-state index in [1.54, 1.807) is 0 Å². The topological polar surface area (TPSA) is 121 Å². The monoisotopic (exact) mass is 646 g/mol. The van der Waals surface area contributed by atoms with Crippen molar-refractivity contribution in [3.63, 3.8) is 0 Å². The first-order valence-electron chi connectivity index (χ1n) is 14.7. The van der Waals surface area contributed by atoms with E-state index in [1.807, 2.05) is 45.9 Å². The number of aromatic nitrogens is 4. The standard InChI is InChI=1S/C35H33ClF2N4O4/c1-20-7-5-8-21(15-20)35(4,14-6-13-34(2,3)19-43)33-40-32(41-42-33)24-16-22(9-11-26(24)37)46-31-23(10-12-29(44)45)30-25(36)18-39-28(30)17-27(31)38/h5,7-12,15-19,39H,6,13-14H2,1-4H3,(H,44,45)(H,40,41,42)/b12-10+. The van der Waals surface area contributed by atoms with Crippen LogP contribution in [0.5, 0.6) is 11.5 Å². The van der Waals surface area contributed by atoms with E-state index in [0.717, 1.165) is 36.0 Å². The van der Waals surface area contributed by atoms with E-state index < -0.39 is 28.4 Å². The Morgan fingerprint density at radius 3 is 2.59 bits per heavy atom. The first-order valence-corrected chi connectivity index (χ1v) is 15.0. The number of aldehydes is 1. The number of carboxylic acid groups (broad SMARTS) is 1. The molecule has 0 saturated carbocycles. The van der Waals surface area contributed by atoms with Crippen molar-refractivity contribution in [2.24, 2.45) is 5.41 Å². The number of carbonyl (C=O) groups is 2. The number of benzene rings is 3. The maximum absolute atomic E-state index is 15.3. The highest BCUT2D eigenvalue weighted by molar-refractivity contribution is 6.36. The minimum atomic E-state index is -1.25. The average Bonchev–Trinajstić information content (AvgIpc) is 3.65. The normalized spacial score (nSPS) is 13.3. The van der Waals surface area contributed by atoms with Crippen molar-refractivity contribution in [1.82, 2.24) is 20.2 Å². The molecule has 238 valence electrons. The summed E-state index contributed by atoms with van der Waals surface area (Å²) >= 11 is 6.32. The number of aryl methyl sites for hydroxylation is 1. The van der Waals surface area contributed by atoms with Gasteiger partial charge in [-0.1, -0.05) is 61.7 Å². The zero-order valence-electron chi connectivity index (χ0n) is 25.7. The predicted molar refractivity (Wildman–Crippen MR) is 173 cm³/mol. The zero-order chi connectivity index (χ0) is 33.2. The van der Waals surface area contributed by atoms with Crippen LogP contribution in [0.15, 0.2) is 60.8 Å². The van der Waals surface area contributed by atoms with Gasteiger partial charge in [0.1, 0.15) is 23.7 Å². The summed E-state index contributed by atoms with van der Waals surface area (Å²) in [5.74, 6) is -2.29. The predicted octanol–water partition coefficient (Wildman–Crippen LogP) is 8.78. The molecule has 0 bridgehead atoms. The van der Waals surface area contributed by atoms with Gasteiger partial charge in [-0.05, 0) is 56.5 Å². The summed E-state index contributed by atoms with van der Waals surface area (Å²) in [4.78, 5) is 30.4. The minimum Gasteiger partial charge on any atom is -0.478 e. The summed E-state index contributed by atoms with van der Waals surface area (Å²) in [5.41, 5.74) is 1.41. The van der Waals surface area contributed by atoms with Gasteiger partial charge in [-0.25, -0.2) is 18.6 Å². The van der Waals surface area contributed by atoms with Crippen molar-refractivity contribution in [2.75, 3.05) is 0 Å². The van der Waals surface area contributed by atoms with Gasteiger partial charge in [0.15, 0.2) is 17.4 Å². The lowest BCUT2D eigenvalue weighted by molar-refractivity contribution is -0.131. The Labute approximate surface area is 269 Å².